The molecule has 0 saturated heterocycles. The van der Waals surface area contributed by atoms with Crippen molar-refractivity contribution in [1.82, 2.24) is 0 Å². The zero-order valence-corrected chi connectivity index (χ0v) is 12.5. The van der Waals surface area contributed by atoms with Gasteiger partial charge in [-0.15, -0.1) is 11.3 Å². The van der Waals surface area contributed by atoms with E-state index in [-0.39, 0.29) is 27.6 Å². The molecule has 0 radical (unpaired) electrons. The standard InChI is InChI=1S/C14H11ClFNO3S/c1-7-5-9(14(19)20)13(21-7)17-12(18)6-8-10(15)3-2-4-11(8)16/h2-5H,6H2,1H3,(H,17,18)(H,19,20). The summed E-state index contributed by atoms with van der Waals surface area (Å²) in [6, 6.07) is 5.63. The molecule has 21 heavy (non-hydrogen) atoms. The molecule has 4 nitrogen and oxygen atoms in total. The van der Waals surface area contributed by atoms with Gasteiger partial charge in [0, 0.05) is 15.5 Å². The van der Waals surface area contributed by atoms with Crippen LogP contribution in [0.2, 0.25) is 5.02 Å². The summed E-state index contributed by atoms with van der Waals surface area (Å²) in [5, 5.41) is 11.9. The third-order valence-electron chi connectivity index (χ3n) is 2.74. The fourth-order valence-corrected chi connectivity index (χ4v) is 2.95. The number of aryl methyl sites for hydroxylation is 1. The number of rotatable bonds is 4. The molecule has 0 atom stereocenters. The molecule has 0 bridgehead atoms. The van der Waals surface area contributed by atoms with Crippen molar-refractivity contribution in [1.29, 1.82) is 0 Å². The highest BCUT2D eigenvalue weighted by molar-refractivity contribution is 7.16. The summed E-state index contributed by atoms with van der Waals surface area (Å²) < 4.78 is 13.6. The van der Waals surface area contributed by atoms with Gasteiger partial charge in [-0.25, -0.2) is 9.18 Å². The first-order valence-corrected chi connectivity index (χ1v) is 7.14. The van der Waals surface area contributed by atoms with Gasteiger partial charge < -0.3 is 10.4 Å². The van der Waals surface area contributed by atoms with Gasteiger partial charge in [-0.1, -0.05) is 17.7 Å². The Morgan fingerprint density at radius 3 is 2.76 bits per heavy atom. The zero-order valence-electron chi connectivity index (χ0n) is 10.9. The lowest BCUT2D eigenvalue weighted by atomic mass is 10.1. The van der Waals surface area contributed by atoms with Crippen molar-refractivity contribution < 1.29 is 19.1 Å². The smallest absolute Gasteiger partial charge is 0.338 e. The van der Waals surface area contributed by atoms with E-state index in [1.807, 2.05) is 0 Å². The Labute approximate surface area is 129 Å². The van der Waals surface area contributed by atoms with Crippen LogP contribution in [0.4, 0.5) is 9.39 Å². The molecule has 2 rings (SSSR count). The average molecular weight is 328 g/mol. The van der Waals surface area contributed by atoms with Gasteiger partial charge in [0.1, 0.15) is 10.8 Å². The SMILES string of the molecule is Cc1cc(C(=O)O)c(NC(=O)Cc2c(F)cccc2Cl)s1. The number of carboxylic acid groups (broad SMARTS) is 1. The summed E-state index contributed by atoms with van der Waals surface area (Å²) in [7, 11) is 0. The van der Waals surface area contributed by atoms with Crippen molar-refractivity contribution in [3.63, 3.8) is 0 Å². The minimum Gasteiger partial charge on any atom is -0.478 e. The number of hydrogen-bond acceptors (Lipinski definition) is 3. The number of thiophene rings is 1. The molecule has 1 heterocycles. The lowest BCUT2D eigenvalue weighted by Gasteiger charge is -2.07. The number of carboxylic acids is 1. The van der Waals surface area contributed by atoms with Crippen LogP contribution in [0.5, 0.6) is 0 Å². The predicted octanol–water partition coefficient (Wildman–Crippen LogP) is 3.73. The molecule has 110 valence electrons. The molecular weight excluding hydrogens is 317 g/mol. The number of nitrogens with one attached hydrogen (secondary N) is 1. The van der Waals surface area contributed by atoms with Crippen molar-refractivity contribution in [3.8, 4) is 0 Å². The first-order valence-electron chi connectivity index (χ1n) is 5.95. The van der Waals surface area contributed by atoms with E-state index in [1.165, 1.54) is 24.3 Å². The third-order valence-corrected chi connectivity index (χ3v) is 4.06. The molecular formula is C14H11ClFNO3S. The maximum Gasteiger partial charge on any atom is 0.338 e. The predicted molar refractivity (Wildman–Crippen MR) is 79.8 cm³/mol. The number of amides is 1. The number of hydrogen-bond donors (Lipinski definition) is 2. The lowest BCUT2D eigenvalue weighted by Crippen LogP contribution is -2.16. The van der Waals surface area contributed by atoms with Gasteiger partial charge in [0.15, 0.2) is 0 Å². The molecule has 1 aromatic carbocycles. The molecule has 0 unspecified atom stereocenters. The summed E-state index contributed by atoms with van der Waals surface area (Å²) in [4.78, 5) is 23.8. The second-order valence-electron chi connectivity index (χ2n) is 4.33. The van der Waals surface area contributed by atoms with Gasteiger partial charge >= 0.3 is 5.97 Å². The highest BCUT2D eigenvalue weighted by atomic mass is 35.5. The molecule has 2 aromatic rings. The molecule has 7 heteroatoms. The van der Waals surface area contributed by atoms with Crippen molar-refractivity contribution >= 4 is 39.8 Å². The Hall–Kier alpha value is -1.92. The van der Waals surface area contributed by atoms with Gasteiger partial charge in [-0.3, -0.25) is 4.79 Å². The average Bonchev–Trinajstić information content (AvgIpc) is 2.75. The van der Waals surface area contributed by atoms with Crippen LogP contribution < -0.4 is 5.32 Å². The molecule has 0 aliphatic rings. The van der Waals surface area contributed by atoms with Crippen molar-refractivity contribution in [2.45, 2.75) is 13.3 Å². The quantitative estimate of drug-likeness (QED) is 0.899. The molecule has 0 fully saturated rings. The summed E-state index contributed by atoms with van der Waals surface area (Å²) in [6.07, 6.45) is -0.262. The van der Waals surface area contributed by atoms with E-state index in [2.05, 4.69) is 5.32 Å². The topological polar surface area (TPSA) is 66.4 Å². The van der Waals surface area contributed by atoms with E-state index in [0.717, 1.165) is 16.2 Å². The Morgan fingerprint density at radius 1 is 1.43 bits per heavy atom. The summed E-state index contributed by atoms with van der Waals surface area (Å²) >= 11 is 7.00. The van der Waals surface area contributed by atoms with Crippen LogP contribution in [-0.2, 0) is 11.2 Å². The highest BCUT2D eigenvalue weighted by Gasteiger charge is 2.17. The van der Waals surface area contributed by atoms with Crippen molar-refractivity contribution in [2.24, 2.45) is 0 Å². The van der Waals surface area contributed by atoms with Crippen molar-refractivity contribution in [2.75, 3.05) is 5.32 Å². The van der Waals surface area contributed by atoms with Gasteiger partial charge in [-0.05, 0) is 25.1 Å². The Morgan fingerprint density at radius 2 is 2.14 bits per heavy atom. The molecule has 1 amide bonds. The van der Waals surface area contributed by atoms with Gasteiger partial charge in [0.25, 0.3) is 0 Å². The number of anilines is 1. The first-order chi connectivity index (χ1) is 9.88. The molecule has 0 saturated carbocycles. The molecule has 0 aliphatic carbocycles. The monoisotopic (exact) mass is 327 g/mol. The van der Waals surface area contributed by atoms with E-state index in [1.54, 1.807) is 6.92 Å². The molecule has 1 aromatic heterocycles. The Bertz CT molecular complexity index is 694. The van der Waals surface area contributed by atoms with E-state index < -0.39 is 17.7 Å². The Kier molecular flexibility index (Phi) is 4.59. The minimum absolute atomic E-state index is 0.0190. The molecule has 0 aliphatic heterocycles. The van der Waals surface area contributed by atoms with Crippen LogP contribution in [0.15, 0.2) is 24.3 Å². The van der Waals surface area contributed by atoms with Crippen LogP contribution in [0, 0.1) is 12.7 Å². The zero-order chi connectivity index (χ0) is 15.6. The van der Waals surface area contributed by atoms with E-state index in [0.29, 0.717) is 0 Å². The van der Waals surface area contributed by atoms with Crippen LogP contribution >= 0.6 is 22.9 Å². The summed E-state index contributed by atoms with van der Waals surface area (Å²) in [5.74, 6) is -2.22. The van der Waals surface area contributed by atoms with E-state index in [9.17, 15) is 14.0 Å². The number of carbonyl (C=O) groups is 2. The first kappa shape index (κ1) is 15.5. The van der Waals surface area contributed by atoms with Gasteiger partial charge in [-0.2, -0.15) is 0 Å². The number of benzene rings is 1. The largest absolute Gasteiger partial charge is 0.478 e. The van der Waals surface area contributed by atoms with Crippen LogP contribution in [-0.4, -0.2) is 17.0 Å². The maximum atomic E-state index is 13.6. The normalized spacial score (nSPS) is 10.4. The van der Waals surface area contributed by atoms with Gasteiger partial charge in [0.05, 0.1) is 12.0 Å². The van der Waals surface area contributed by atoms with Crippen molar-refractivity contribution in [3.05, 3.63) is 51.1 Å². The lowest BCUT2D eigenvalue weighted by molar-refractivity contribution is -0.115. The number of carbonyl (C=O) groups excluding carboxylic acids is 1. The minimum atomic E-state index is -1.13. The van der Waals surface area contributed by atoms with Crippen LogP contribution in [0.1, 0.15) is 20.8 Å². The second-order valence-corrected chi connectivity index (χ2v) is 5.99. The summed E-state index contributed by atoms with van der Waals surface area (Å²) in [6.45, 7) is 1.74. The summed E-state index contributed by atoms with van der Waals surface area (Å²) in [5.41, 5.74) is 0.104. The van der Waals surface area contributed by atoms with E-state index in [4.69, 9.17) is 16.7 Å². The molecule has 0 spiro atoms. The van der Waals surface area contributed by atoms with Crippen LogP contribution in [0.25, 0.3) is 0 Å². The second kappa shape index (κ2) is 6.24. The fraction of sp³-hybridized carbons (Fsp3) is 0.143. The fourth-order valence-electron chi connectivity index (χ4n) is 1.80. The van der Waals surface area contributed by atoms with Gasteiger partial charge in [0.2, 0.25) is 5.91 Å². The number of halogens is 2. The Balaban J connectivity index is 2.18. The maximum absolute atomic E-state index is 13.6. The third kappa shape index (κ3) is 3.59. The number of aromatic carboxylic acids is 1. The van der Waals surface area contributed by atoms with E-state index >= 15 is 0 Å². The van der Waals surface area contributed by atoms with Crippen LogP contribution in [0.3, 0.4) is 0 Å². The highest BCUT2D eigenvalue weighted by Crippen LogP contribution is 2.28. The molecule has 2 N–H and O–H groups in total.